The second-order valence-corrected chi connectivity index (χ2v) is 24.5. The molecule has 332 valence electrons. The molecule has 0 aromatic carbocycles. The van der Waals surface area contributed by atoms with Crippen molar-refractivity contribution in [3.63, 3.8) is 0 Å². The topological polar surface area (TPSA) is 97.8 Å². The fourth-order valence-electron chi connectivity index (χ4n) is 15.5. The third-order valence-corrected chi connectivity index (χ3v) is 20.8. The van der Waals surface area contributed by atoms with Crippen molar-refractivity contribution in [1.82, 2.24) is 15.2 Å². The van der Waals surface area contributed by atoms with Crippen molar-refractivity contribution in [2.24, 2.45) is 56.7 Å². The van der Waals surface area contributed by atoms with Gasteiger partial charge in [-0.2, -0.15) is 0 Å². The van der Waals surface area contributed by atoms with Crippen molar-refractivity contribution in [2.45, 2.75) is 131 Å². The SMILES string of the molecule is C=C(C)[C@@H]1CC[C@]2(NCCN3CCS(=O)(=O)CC3)CC[C@]3(C)[C@H](CC[C@@H]4[C@@]5(C)CC=C(C6=CC[C@](COc7ncccc7Cl)(C(=O)OCC)CC6)C(C)(C)[C@@H]5CC[C@]43C)[C@@H]12. The number of fused-ring (bicyclic) bond motifs is 7. The number of aromatic nitrogens is 1. The summed E-state index contributed by atoms with van der Waals surface area (Å²) >= 11 is 6.39. The van der Waals surface area contributed by atoms with E-state index < -0.39 is 15.3 Å². The molecule has 0 radical (unpaired) electrons. The summed E-state index contributed by atoms with van der Waals surface area (Å²) in [6.07, 6.45) is 19.9. The van der Waals surface area contributed by atoms with Crippen LogP contribution in [0.15, 0.2) is 53.8 Å². The molecule has 1 saturated heterocycles. The molecular weight excluding hydrogens is 790 g/mol. The molecule has 10 atom stereocenters. The highest BCUT2D eigenvalue weighted by molar-refractivity contribution is 7.91. The van der Waals surface area contributed by atoms with Crippen LogP contribution in [0.5, 0.6) is 5.88 Å². The number of hydrogen-bond donors (Lipinski definition) is 1. The Kier molecular flexibility index (Phi) is 11.9. The fraction of sp³-hybridized carbons (Fsp3) is 0.760. The minimum Gasteiger partial charge on any atom is -0.475 e. The number of rotatable bonds is 11. The van der Waals surface area contributed by atoms with Crippen LogP contribution < -0.4 is 10.1 Å². The number of nitrogens with one attached hydrogen (secondary N) is 1. The molecule has 7 aliphatic rings. The largest absolute Gasteiger partial charge is 0.475 e. The highest BCUT2D eigenvalue weighted by atomic mass is 35.5. The van der Waals surface area contributed by atoms with Gasteiger partial charge in [0.25, 0.3) is 0 Å². The summed E-state index contributed by atoms with van der Waals surface area (Å²) in [5, 5.41) is 4.67. The Bertz CT molecular complexity index is 2000. The highest BCUT2D eigenvalue weighted by Crippen LogP contribution is 2.76. The van der Waals surface area contributed by atoms with Crippen molar-refractivity contribution in [2.75, 3.05) is 50.9 Å². The van der Waals surface area contributed by atoms with E-state index in [1.165, 1.54) is 68.1 Å². The molecule has 1 aliphatic heterocycles. The predicted octanol–water partition coefficient (Wildman–Crippen LogP) is 10.0. The van der Waals surface area contributed by atoms with Gasteiger partial charge in [-0.15, -0.1) is 0 Å². The van der Waals surface area contributed by atoms with E-state index in [9.17, 15) is 13.2 Å². The van der Waals surface area contributed by atoms with Gasteiger partial charge < -0.3 is 19.7 Å². The van der Waals surface area contributed by atoms with Gasteiger partial charge in [0.05, 0.1) is 18.1 Å². The number of carbonyl (C=O) groups excluding carboxylic acids is 1. The molecule has 10 heteroatoms. The van der Waals surface area contributed by atoms with E-state index in [2.05, 4.69) is 75.5 Å². The van der Waals surface area contributed by atoms with Crippen LogP contribution in [-0.4, -0.2) is 80.7 Å². The van der Waals surface area contributed by atoms with Crippen LogP contribution in [0.4, 0.5) is 0 Å². The van der Waals surface area contributed by atoms with E-state index in [1.54, 1.807) is 18.3 Å². The van der Waals surface area contributed by atoms with Crippen molar-refractivity contribution >= 4 is 27.4 Å². The molecule has 0 amide bonds. The van der Waals surface area contributed by atoms with Crippen LogP contribution in [0.25, 0.3) is 0 Å². The molecular formula is C50H74ClN3O5S. The van der Waals surface area contributed by atoms with Gasteiger partial charge in [0.2, 0.25) is 5.88 Å². The molecule has 8 rings (SSSR count). The van der Waals surface area contributed by atoms with Gasteiger partial charge in [0, 0.05) is 37.9 Å². The number of halogens is 1. The van der Waals surface area contributed by atoms with Crippen LogP contribution >= 0.6 is 11.6 Å². The van der Waals surface area contributed by atoms with E-state index in [0.717, 1.165) is 25.9 Å². The molecule has 1 aromatic heterocycles. The van der Waals surface area contributed by atoms with Crippen LogP contribution in [0.3, 0.4) is 0 Å². The summed E-state index contributed by atoms with van der Waals surface area (Å²) in [6, 6.07) is 3.54. The minimum absolute atomic E-state index is 0.0144. The van der Waals surface area contributed by atoms with Gasteiger partial charge in [-0.3, -0.25) is 4.79 Å². The van der Waals surface area contributed by atoms with Crippen molar-refractivity contribution < 1.29 is 22.7 Å². The summed E-state index contributed by atoms with van der Waals surface area (Å²) in [5.74, 6) is 3.80. The van der Waals surface area contributed by atoms with Gasteiger partial charge in [0.15, 0.2) is 9.84 Å². The molecule has 6 aliphatic carbocycles. The number of ether oxygens (including phenoxy) is 2. The first kappa shape index (κ1) is 44.4. The summed E-state index contributed by atoms with van der Waals surface area (Å²) in [6.45, 7) is 25.7. The summed E-state index contributed by atoms with van der Waals surface area (Å²) in [4.78, 5) is 20.3. The molecule has 1 aromatic rings. The third kappa shape index (κ3) is 7.27. The number of carbonyl (C=O) groups is 1. The van der Waals surface area contributed by atoms with Gasteiger partial charge in [0.1, 0.15) is 17.0 Å². The summed E-state index contributed by atoms with van der Waals surface area (Å²) < 4.78 is 36.0. The summed E-state index contributed by atoms with van der Waals surface area (Å²) in [5.41, 5.74) is 4.37. The normalized spacial score (nSPS) is 40.8. The number of pyridine rings is 1. The lowest BCUT2D eigenvalue weighted by Gasteiger charge is -2.72. The van der Waals surface area contributed by atoms with E-state index in [4.69, 9.17) is 21.1 Å². The molecule has 0 unspecified atom stereocenters. The third-order valence-electron chi connectivity index (χ3n) is 18.9. The standard InChI is InChI=1S/C50H74ClN3O5S/c1-9-58-44(55)49(33-59-43-39(51)11-10-26-52-43)21-14-35(15-22-49)37-17-19-46(6)40(45(37,4)5)18-20-48(8)41(46)13-12-38-42-36(34(2)3)16-23-50(42,25-24-47(38,48)7)53-27-28-54-29-31-60(56,57)32-30-54/h10-11,14,17,26,36,38,40-42,53H,2,9,12-13,15-16,18-25,27-33H2,1,3-8H3/t36-,38+,40-,41+,42+,46-,47+,48+,49-,50-/m0/s1. The number of nitrogens with zero attached hydrogens (tertiary/aromatic N) is 2. The molecule has 0 bridgehead atoms. The van der Waals surface area contributed by atoms with E-state index in [1.807, 2.05) is 6.92 Å². The maximum absolute atomic E-state index is 13.6. The van der Waals surface area contributed by atoms with Crippen LogP contribution in [0.2, 0.25) is 5.02 Å². The van der Waals surface area contributed by atoms with Crippen LogP contribution in [0, 0.1) is 56.7 Å². The van der Waals surface area contributed by atoms with Crippen molar-refractivity contribution in [3.8, 4) is 5.88 Å². The zero-order valence-electron chi connectivity index (χ0n) is 37.8. The van der Waals surface area contributed by atoms with Crippen LogP contribution in [-0.2, 0) is 19.4 Å². The molecule has 2 heterocycles. The number of hydrogen-bond acceptors (Lipinski definition) is 8. The first-order valence-corrected chi connectivity index (χ1v) is 25.7. The van der Waals surface area contributed by atoms with Gasteiger partial charge in [-0.1, -0.05) is 70.5 Å². The zero-order chi connectivity index (χ0) is 42.9. The minimum atomic E-state index is -2.87. The lowest BCUT2D eigenvalue weighted by atomic mass is 9.33. The lowest BCUT2D eigenvalue weighted by Crippen LogP contribution is -2.68. The van der Waals surface area contributed by atoms with E-state index >= 15 is 0 Å². The van der Waals surface area contributed by atoms with Crippen molar-refractivity contribution in [3.05, 3.63) is 58.8 Å². The Morgan fingerprint density at radius 2 is 1.73 bits per heavy atom. The maximum Gasteiger partial charge on any atom is 0.315 e. The second-order valence-electron chi connectivity index (χ2n) is 21.8. The Morgan fingerprint density at radius 3 is 2.42 bits per heavy atom. The second kappa shape index (κ2) is 16.1. The Balaban J connectivity index is 1.01. The molecule has 5 fully saturated rings. The molecule has 1 N–H and O–H groups in total. The average Bonchev–Trinajstić information content (AvgIpc) is 3.59. The molecule has 8 nitrogen and oxygen atoms in total. The fourth-order valence-corrected chi connectivity index (χ4v) is 17.0. The maximum atomic E-state index is 13.6. The van der Waals surface area contributed by atoms with E-state index in [0.29, 0.717) is 84.5 Å². The quantitative estimate of drug-likeness (QED) is 0.174. The van der Waals surface area contributed by atoms with E-state index in [-0.39, 0.29) is 39.8 Å². The Hall–Kier alpha value is -2.20. The van der Waals surface area contributed by atoms with Gasteiger partial charge >= 0.3 is 5.97 Å². The Labute approximate surface area is 367 Å². The monoisotopic (exact) mass is 864 g/mol. The van der Waals surface area contributed by atoms with Crippen molar-refractivity contribution in [1.29, 1.82) is 0 Å². The predicted molar refractivity (Wildman–Crippen MR) is 242 cm³/mol. The first-order valence-electron chi connectivity index (χ1n) is 23.5. The number of esters is 1. The lowest BCUT2D eigenvalue weighted by molar-refractivity contribution is -0.221. The number of sulfone groups is 1. The Morgan fingerprint density at radius 1 is 0.967 bits per heavy atom. The smallest absolute Gasteiger partial charge is 0.315 e. The zero-order valence-corrected chi connectivity index (χ0v) is 39.4. The average molecular weight is 865 g/mol. The molecule has 4 saturated carbocycles. The molecule has 0 spiro atoms. The van der Waals surface area contributed by atoms with Gasteiger partial charge in [-0.25, -0.2) is 13.4 Å². The molecule has 60 heavy (non-hydrogen) atoms. The first-order chi connectivity index (χ1) is 28.3. The van der Waals surface area contributed by atoms with Crippen LogP contribution in [0.1, 0.15) is 126 Å². The number of allylic oxidation sites excluding steroid dienone is 5. The van der Waals surface area contributed by atoms with Gasteiger partial charge in [-0.05, 0) is 165 Å². The summed E-state index contributed by atoms with van der Waals surface area (Å²) in [7, 11) is -2.87. The highest BCUT2D eigenvalue weighted by Gasteiger charge is 2.70.